The summed E-state index contributed by atoms with van der Waals surface area (Å²) in [5.74, 6) is -0.351. The standard InChI is InChI=1S/C19H23N3O4/c1-2-15(20-11-14-9-6-10-26-14)16-17(23)21-19(25)22(18(16)24)12-13-7-4-3-5-8-13/h3-5,7-8,14,24H,2,6,9-12H2,1H3,(H,21,23,25)/t14-/m1/s1. The van der Waals surface area contributed by atoms with Crippen molar-refractivity contribution in [3.8, 4) is 5.88 Å². The summed E-state index contributed by atoms with van der Waals surface area (Å²) in [4.78, 5) is 31.3. The van der Waals surface area contributed by atoms with Crippen LogP contribution in [0.15, 0.2) is 44.9 Å². The number of aromatic amines is 1. The second kappa shape index (κ2) is 8.14. The molecule has 138 valence electrons. The van der Waals surface area contributed by atoms with E-state index in [-0.39, 0.29) is 24.1 Å². The third-order valence-corrected chi connectivity index (χ3v) is 4.49. The Morgan fingerprint density at radius 3 is 2.77 bits per heavy atom. The molecule has 0 amide bonds. The number of aromatic hydroxyl groups is 1. The summed E-state index contributed by atoms with van der Waals surface area (Å²) in [6.07, 6.45) is 2.46. The lowest BCUT2D eigenvalue weighted by atomic mass is 10.1. The molecule has 2 heterocycles. The van der Waals surface area contributed by atoms with E-state index in [1.807, 2.05) is 37.3 Å². The normalized spacial score (nSPS) is 17.6. The minimum Gasteiger partial charge on any atom is -0.494 e. The minimum absolute atomic E-state index is 0.0491. The molecular weight excluding hydrogens is 334 g/mol. The van der Waals surface area contributed by atoms with Gasteiger partial charge in [-0.05, 0) is 24.8 Å². The van der Waals surface area contributed by atoms with Crippen molar-refractivity contribution < 1.29 is 9.84 Å². The number of nitrogens with zero attached hydrogens (tertiary/aromatic N) is 2. The van der Waals surface area contributed by atoms with Gasteiger partial charge in [0, 0.05) is 6.61 Å². The molecule has 0 saturated carbocycles. The molecule has 7 heteroatoms. The monoisotopic (exact) mass is 357 g/mol. The van der Waals surface area contributed by atoms with Gasteiger partial charge in [-0.25, -0.2) is 4.79 Å². The van der Waals surface area contributed by atoms with Crippen molar-refractivity contribution in [3.05, 3.63) is 62.3 Å². The highest BCUT2D eigenvalue weighted by molar-refractivity contribution is 6.01. The van der Waals surface area contributed by atoms with Crippen LogP contribution in [0.2, 0.25) is 0 Å². The van der Waals surface area contributed by atoms with Gasteiger partial charge in [0.15, 0.2) is 0 Å². The molecule has 0 radical (unpaired) electrons. The van der Waals surface area contributed by atoms with Gasteiger partial charge in [0.25, 0.3) is 5.56 Å². The van der Waals surface area contributed by atoms with Crippen molar-refractivity contribution >= 4 is 5.71 Å². The second-order valence-electron chi connectivity index (χ2n) is 6.31. The zero-order valence-corrected chi connectivity index (χ0v) is 14.8. The summed E-state index contributed by atoms with van der Waals surface area (Å²) in [7, 11) is 0. The quantitative estimate of drug-likeness (QED) is 0.769. The van der Waals surface area contributed by atoms with Crippen LogP contribution in [-0.2, 0) is 11.3 Å². The highest BCUT2D eigenvalue weighted by atomic mass is 16.5. The van der Waals surface area contributed by atoms with Crippen LogP contribution >= 0.6 is 0 Å². The molecule has 1 aromatic carbocycles. The molecule has 1 fully saturated rings. The molecule has 1 aromatic heterocycles. The van der Waals surface area contributed by atoms with Crippen molar-refractivity contribution in [1.29, 1.82) is 0 Å². The number of rotatable bonds is 6. The third-order valence-electron chi connectivity index (χ3n) is 4.49. The largest absolute Gasteiger partial charge is 0.494 e. The number of H-pyrrole nitrogens is 1. The van der Waals surface area contributed by atoms with E-state index in [0.29, 0.717) is 18.7 Å². The molecule has 1 aliphatic heterocycles. The van der Waals surface area contributed by atoms with Crippen molar-refractivity contribution in [1.82, 2.24) is 9.55 Å². The Labute approximate surface area is 151 Å². The van der Waals surface area contributed by atoms with E-state index in [0.717, 1.165) is 29.6 Å². The van der Waals surface area contributed by atoms with Crippen LogP contribution in [0, 0.1) is 0 Å². The Bertz CT molecular complexity index is 893. The number of hydrogen-bond acceptors (Lipinski definition) is 5. The molecule has 1 saturated heterocycles. The number of ether oxygens (including phenoxy) is 1. The topological polar surface area (TPSA) is 96.7 Å². The summed E-state index contributed by atoms with van der Waals surface area (Å²) >= 11 is 0. The highest BCUT2D eigenvalue weighted by Crippen LogP contribution is 2.17. The van der Waals surface area contributed by atoms with Gasteiger partial charge in [-0.3, -0.25) is 19.3 Å². The number of aliphatic imine (C=N–C) groups is 1. The van der Waals surface area contributed by atoms with E-state index >= 15 is 0 Å². The SMILES string of the molecule is CCC(=NC[C@H]1CCCO1)c1c(O)n(Cc2ccccc2)c(=O)[nH]c1=O. The molecule has 0 spiro atoms. The molecule has 2 N–H and O–H groups in total. The smallest absolute Gasteiger partial charge is 0.331 e. The summed E-state index contributed by atoms with van der Waals surface area (Å²) in [6, 6.07) is 9.28. The third kappa shape index (κ3) is 3.94. The zero-order chi connectivity index (χ0) is 18.5. The van der Waals surface area contributed by atoms with Gasteiger partial charge in [0.2, 0.25) is 5.88 Å². The van der Waals surface area contributed by atoms with Crippen molar-refractivity contribution in [2.45, 2.75) is 38.8 Å². The van der Waals surface area contributed by atoms with Crippen LogP contribution in [0.4, 0.5) is 0 Å². The van der Waals surface area contributed by atoms with Crippen LogP contribution in [-0.4, -0.2) is 39.6 Å². The summed E-state index contributed by atoms with van der Waals surface area (Å²) < 4.78 is 6.71. The first-order valence-corrected chi connectivity index (χ1v) is 8.85. The second-order valence-corrected chi connectivity index (χ2v) is 6.31. The summed E-state index contributed by atoms with van der Waals surface area (Å²) in [6.45, 7) is 3.20. The van der Waals surface area contributed by atoms with E-state index in [2.05, 4.69) is 9.98 Å². The van der Waals surface area contributed by atoms with E-state index in [1.54, 1.807) is 0 Å². The van der Waals surface area contributed by atoms with Crippen LogP contribution < -0.4 is 11.2 Å². The van der Waals surface area contributed by atoms with Crippen LogP contribution in [0.25, 0.3) is 0 Å². The van der Waals surface area contributed by atoms with E-state index in [4.69, 9.17) is 4.74 Å². The lowest BCUT2D eigenvalue weighted by molar-refractivity contribution is 0.118. The zero-order valence-electron chi connectivity index (χ0n) is 14.8. The number of nitrogens with one attached hydrogen (secondary N) is 1. The summed E-state index contributed by atoms with van der Waals surface area (Å²) in [5.41, 5.74) is 0.110. The molecule has 3 rings (SSSR count). The van der Waals surface area contributed by atoms with Crippen LogP contribution in [0.3, 0.4) is 0 Å². The lowest BCUT2D eigenvalue weighted by Crippen LogP contribution is -2.34. The molecule has 0 unspecified atom stereocenters. The van der Waals surface area contributed by atoms with Gasteiger partial charge in [-0.2, -0.15) is 0 Å². The molecule has 2 aromatic rings. The predicted octanol–water partition coefficient (Wildman–Crippen LogP) is 1.67. The van der Waals surface area contributed by atoms with Crippen LogP contribution in [0.1, 0.15) is 37.3 Å². The highest BCUT2D eigenvalue weighted by Gasteiger charge is 2.20. The maximum Gasteiger partial charge on any atom is 0.331 e. The van der Waals surface area contributed by atoms with Gasteiger partial charge >= 0.3 is 5.69 Å². The van der Waals surface area contributed by atoms with Gasteiger partial charge in [0.1, 0.15) is 5.56 Å². The number of hydrogen-bond donors (Lipinski definition) is 2. The van der Waals surface area contributed by atoms with Gasteiger partial charge < -0.3 is 9.84 Å². The van der Waals surface area contributed by atoms with Gasteiger partial charge in [0.05, 0.1) is 24.9 Å². The van der Waals surface area contributed by atoms with Gasteiger partial charge in [-0.15, -0.1) is 0 Å². The first-order chi connectivity index (χ1) is 12.6. The first-order valence-electron chi connectivity index (χ1n) is 8.85. The number of benzene rings is 1. The molecule has 1 aliphatic rings. The average Bonchev–Trinajstić information content (AvgIpc) is 3.15. The Hall–Kier alpha value is -2.67. The lowest BCUT2D eigenvalue weighted by Gasteiger charge is -2.13. The Morgan fingerprint density at radius 1 is 1.35 bits per heavy atom. The molecule has 1 atom stereocenters. The fourth-order valence-electron chi connectivity index (χ4n) is 3.10. The molecular formula is C19H23N3O4. The molecule has 0 bridgehead atoms. The molecule has 0 aliphatic carbocycles. The average molecular weight is 357 g/mol. The fraction of sp³-hybridized carbons (Fsp3) is 0.421. The minimum atomic E-state index is -0.644. The van der Waals surface area contributed by atoms with Gasteiger partial charge in [-0.1, -0.05) is 37.3 Å². The maximum atomic E-state index is 12.3. The van der Waals surface area contributed by atoms with E-state index < -0.39 is 11.2 Å². The van der Waals surface area contributed by atoms with Crippen molar-refractivity contribution in [2.75, 3.05) is 13.2 Å². The van der Waals surface area contributed by atoms with E-state index in [9.17, 15) is 14.7 Å². The fourth-order valence-corrected chi connectivity index (χ4v) is 3.10. The Kier molecular flexibility index (Phi) is 5.68. The predicted molar refractivity (Wildman–Crippen MR) is 99.2 cm³/mol. The number of aromatic nitrogens is 2. The van der Waals surface area contributed by atoms with E-state index in [1.165, 1.54) is 0 Å². The maximum absolute atomic E-state index is 12.3. The van der Waals surface area contributed by atoms with Crippen molar-refractivity contribution in [2.24, 2.45) is 4.99 Å². The first kappa shape index (κ1) is 18.1. The Balaban J connectivity index is 1.97. The molecule has 26 heavy (non-hydrogen) atoms. The molecule has 7 nitrogen and oxygen atoms in total. The Morgan fingerprint density at radius 2 is 2.12 bits per heavy atom. The van der Waals surface area contributed by atoms with Crippen molar-refractivity contribution in [3.63, 3.8) is 0 Å². The summed E-state index contributed by atoms with van der Waals surface area (Å²) in [5, 5.41) is 10.6. The van der Waals surface area contributed by atoms with Crippen LogP contribution in [0.5, 0.6) is 5.88 Å².